The van der Waals surface area contributed by atoms with E-state index in [4.69, 9.17) is 4.74 Å². The van der Waals surface area contributed by atoms with Crippen LogP contribution in [0.15, 0.2) is 49.6 Å². The highest BCUT2D eigenvalue weighted by molar-refractivity contribution is 5.65. The zero-order chi connectivity index (χ0) is 10.7. The van der Waals surface area contributed by atoms with E-state index in [-0.39, 0.29) is 0 Å². The van der Waals surface area contributed by atoms with E-state index in [0.29, 0.717) is 0 Å². The molecule has 2 rings (SSSR count). The van der Waals surface area contributed by atoms with Gasteiger partial charge in [-0.25, -0.2) is 0 Å². The molecule has 2 heteroatoms. The van der Waals surface area contributed by atoms with Gasteiger partial charge in [-0.1, -0.05) is 24.3 Å². The molecule has 15 heavy (non-hydrogen) atoms. The second kappa shape index (κ2) is 4.22. The normalized spacial score (nSPS) is 14.5. The van der Waals surface area contributed by atoms with Crippen molar-refractivity contribution in [2.45, 2.75) is 6.42 Å². The minimum atomic E-state index is 0.739. The SMILES string of the molecule is C=CC[C]1Oc2ccccc2N1CC=C. The Morgan fingerprint density at radius 2 is 2.00 bits per heavy atom. The smallest absolute Gasteiger partial charge is 0.246 e. The van der Waals surface area contributed by atoms with Crippen molar-refractivity contribution in [3.63, 3.8) is 0 Å². The molecule has 0 saturated carbocycles. The number of nitrogens with zero attached hydrogens (tertiary/aromatic N) is 1. The van der Waals surface area contributed by atoms with E-state index in [9.17, 15) is 0 Å². The van der Waals surface area contributed by atoms with Crippen LogP contribution < -0.4 is 9.64 Å². The fourth-order valence-corrected chi connectivity index (χ4v) is 1.69. The molecule has 2 nitrogen and oxygen atoms in total. The molecule has 0 unspecified atom stereocenters. The van der Waals surface area contributed by atoms with Gasteiger partial charge in [-0.15, -0.1) is 13.2 Å². The summed E-state index contributed by atoms with van der Waals surface area (Å²) in [6.07, 6.45) is 5.38. The van der Waals surface area contributed by atoms with Gasteiger partial charge in [0.1, 0.15) is 5.75 Å². The van der Waals surface area contributed by atoms with Gasteiger partial charge in [-0.3, -0.25) is 0 Å². The number of hydrogen-bond donors (Lipinski definition) is 0. The molecule has 1 aliphatic rings. The molecule has 1 aromatic rings. The van der Waals surface area contributed by atoms with Gasteiger partial charge in [-0.2, -0.15) is 0 Å². The van der Waals surface area contributed by atoms with E-state index in [0.717, 1.165) is 30.6 Å². The van der Waals surface area contributed by atoms with E-state index < -0.39 is 0 Å². The van der Waals surface area contributed by atoms with Crippen LogP contribution in [-0.2, 0) is 0 Å². The zero-order valence-electron chi connectivity index (χ0n) is 8.65. The maximum absolute atomic E-state index is 5.74. The molecule has 0 N–H and O–H groups in total. The van der Waals surface area contributed by atoms with Crippen LogP contribution in [-0.4, -0.2) is 6.54 Å². The van der Waals surface area contributed by atoms with Crippen molar-refractivity contribution in [2.75, 3.05) is 11.4 Å². The van der Waals surface area contributed by atoms with Gasteiger partial charge in [0.25, 0.3) is 0 Å². The first-order valence-electron chi connectivity index (χ1n) is 4.99. The lowest BCUT2D eigenvalue weighted by Gasteiger charge is -2.20. The van der Waals surface area contributed by atoms with Crippen molar-refractivity contribution >= 4 is 5.69 Å². The van der Waals surface area contributed by atoms with E-state index in [1.807, 2.05) is 30.4 Å². The number of hydrogen-bond acceptors (Lipinski definition) is 2. The highest BCUT2D eigenvalue weighted by Crippen LogP contribution is 2.40. The lowest BCUT2D eigenvalue weighted by molar-refractivity contribution is 0.339. The number of ether oxygens (including phenoxy) is 1. The molecular weight excluding hydrogens is 186 g/mol. The third kappa shape index (κ3) is 1.75. The van der Waals surface area contributed by atoms with Gasteiger partial charge in [0, 0.05) is 13.0 Å². The molecule has 1 aromatic carbocycles. The van der Waals surface area contributed by atoms with Crippen molar-refractivity contribution in [1.29, 1.82) is 0 Å². The van der Waals surface area contributed by atoms with Crippen LogP contribution in [0.25, 0.3) is 0 Å². The summed E-state index contributed by atoms with van der Waals surface area (Å²) in [5, 5.41) is 0. The van der Waals surface area contributed by atoms with E-state index in [2.05, 4.69) is 24.1 Å². The van der Waals surface area contributed by atoms with Crippen molar-refractivity contribution < 1.29 is 4.74 Å². The monoisotopic (exact) mass is 200 g/mol. The molecular formula is C13H14NO. The number of rotatable bonds is 4. The Labute approximate surface area is 90.5 Å². The molecule has 0 aromatic heterocycles. The molecule has 0 atom stereocenters. The van der Waals surface area contributed by atoms with Crippen LogP contribution in [0, 0.1) is 6.23 Å². The molecule has 0 amide bonds. The topological polar surface area (TPSA) is 12.5 Å². The van der Waals surface area contributed by atoms with Crippen LogP contribution in [0.5, 0.6) is 5.75 Å². The van der Waals surface area contributed by atoms with E-state index in [1.165, 1.54) is 0 Å². The van der Waals surface area contributed by atoms with Crippen LogP contribution in [0.2, 0.25) is 0 Å². The number of anilines is 1. The lowest BCUT2D eigenvalue weighted by atomic mass is 10.2. The summed E-state index contributed by atoms with van der Waals surface area (Å²) in [7, 11) is 0. The first-order chi connectivity index (χ1) is 7.36. The zero-order valence-corrected chi connectivity index (χ0v) is 8.65. The minimum absolute atomic E-state index is 0.739. The Hall–Kier alpha value is -1.70. The average Bonchev–Trinajstić information content (AvgIpc) is 2.59. The quantitative estimate of drug-likeness (QED) is 0.692. The summed E-state index contributed by atoms with van der Waals surface area (Å²) in [5.41, 5.74) is 1.11. The van der Waals surface area contributed by atoms with Gasteiger partial charge in [-0.05, 0) is 12.1 Å². The molecule has 0 fully saturated rings. The minimum Gasteiger partial charge on any atom is -0.459 e. The average molecular weight is 200 g/mol. The van der Waals surface area contributed by atoms with Crippen molar-refractivity contribution in [1.82, 2.24) is 0 Å². The first kappa shape index (κ1) is 9.84. The van der Waals surface area contributed by atoms with Gasteiger partial charge < -0.3 is 9.64 Å². The maximum Gasteiger partial charge on any atom is 0.246 e. The Morgan fingerprint density at radius 3 is 2.73 bits per heavy atom. The first-order valence-corrected chi connectivity index (χ1v) is 4.99. The van der Waals surface area contributed by atoms with Crippen LogP contribution in [0.3, 0.4) is 0 Å². The van der Waals surface area contributed by atoms with Crippen LogP contribution >= 0.6 is 0 Å². The predicted molar refractivity (Wildman–Crippen MR) is 62.7 cm³/mol. The van der Waals surface area contributed by atoms with E-state index in [1.54, 1.807) is 0 Å². The largest absolute Gasteiger partial charge is 0.459 e. The fourth-order valence-electron chi connectivity index (χ4n) is 1.69. The van der Waals surface area contributed by atoms with Crippen molar-refractivity contribution in [3.8, 4) is 5.75 Å². The number of benzene rings is 1. The fraction of sp³-hybridized carbons (Fsp3) is 0.154. The summed E-state index contributed by atoms with van der Waals surface area (Å²) in [5.74, 6) is 0.913. The van der Waals surface area contributed by atoms with Gasteiger partial charge in [0.15, 0.2) is 0 Å². The molecule has 0 spiro atoms. The van der Waals surface area contributed by atoms with Gasteiger partial charge in [0.05, 0.1) is 5.69 Å². The summed E-state index contributed by atoms with van der Waals surface area (Å²) in [6.45, 7) is 8.25. The Bertz CT molecular complexity index is 373. The van der Waals surface area contributed by atoms with Crippen molar-refractivity contribution in [3.05, 3.63) is 55.8 Å². The lowest BCUT2D eigenvalue weighted by Crippen LogP contribution is -2.26. The third-order valence-electron chi connectivity index (χ3n) is 2.32. The highest BCUT2D eigenvalue weighted by atomic mass is 16.5. The number of para-hydroxylation sites is 2. The Morgan fingerprint density at radius 1 is 1.20 bits per heavy atom. The Balaban J connectivity index is 2.28. The third-order valence-corrected chi connectivity index (χ3v) is 2.32. The summed E-state index contributed by atoms with van der Waals surface area (Å²) >= 11 is 0. The second-order valence-corrected chi connectivity index (χ2v) is 3.36. The molecule has 1 heterocycles. The molecule has 0 aliphatic carbocycles. The van der Waals surface area contributed by atoms with E-state index >= 15 is 0 Å². The molecule has 1 radical (unpaired) electrons. The molecule has 77 valence electrons. The summed E-state index contributed by atoms with van der Waals surface area (Å²) < 4.78 is 5.74. The Kier molecular flexibility index (Phi) is 2.77. The van der Waals surface area contributed by atoms with Crippen LogP contribution in [0.1, 0.15) is 6.42 Å². The molecule has 1 aliphatic heterocycles. The standard InChI is InChI=1S/C13H14NO/c1-3-7-13-14(10-4-2)11-8-5-6-9-12(11)15-13/h3-6,8-9H,1-2,7,10H2. The second-order valence-electron chi connectivity index (χ2n) is 3.36. The van der Waals surface area contributed by atoms with Crippen molar-refractivity contribution in [2.24, 2.45) is 0 Å². The number of fused-ring (bicyclic) bond motifs is 1. The summed E-state index contributed by atoms with van der Waals surface area (Å²) in [4.78, 5) is 2.12. The highest BCUT2D eigenvalue weighted by Gasteiger charge is 2.30. The van der Waals surface area contributed by atoms with Crippen LogP contribution in [0.4, 0.5) is 5.69 Å². The maximum atomic E-state index is 5.74. The summed E-state index contributed by atoms with van der Waals surface area (Å²) in [6, 6.07) is 8.01. The molecule has 0 saturated heterocycles. The predicted octanol–water partition coefficient (Wildman–Crippen LogP) is 3.14. The van der Waals surface area contributed by atoms with Gasteiger partial charge in [0.2, 0.25) is 6.23 Å². The molecule has 0 bridgehead atoms. The van der Waals surface area contributed by atoms with Gasteiger partial charge >= 0.3 is 0 Å².